The largest absolute Gasteiger partial charge is 0.379 e. The van der Waals surface area contributed by atoms with E-state index in [1.165, 1.54) is 15.3 Å². The molecule has 0 bridgehead atoms. The lowest BCUT2D eigenvalue weighted by molar-refractivity contribution is 0.0788. The van der Waals surface area contributed by atoms with Gasteiger partial charge in [0.25, 0.3) is 10.0 Å². The zero-order valence-corrected chi connectivity index (χ0v) is 22.2. The van der Waals surface area contributed by atoms with Crippen molar-refractivity contribution in [2.24, 2.45) is 0 Å². The summed E-state index contributed by atoms with van der Waals surface area (Å²) < 4.78 is 28.2. The highest BCUT2D eigenvalue weighted by atomic mass is 32.2. The predicted molar refractivity (Wildman–Crippen MR) is 151 cm³/mol. The average Bonchev–Trinajstić information content (AvgIpc) is 3.70. The Labute approximate surface area is 229 Å². The molecule has 1 aliphatic carbocycles. The van der Waals surface area contributed by atoms with Gasteiger partial charge in [-0.2, -0.15) is 0 Å². The fraction of sp³-hybridized carbons (Fsp3) is 0.100. The van der Waals surface area contributed by atoms with Crippen LogP contribution in [0.3, 0.4) is 0 Å². The fourth-order valence-electron chi connectivity index (χ4n) is 5.29. The summed E-state index contributed by atoms with van der Waals surface area (Å²) in [5, 5.41) is 15.0. The van der Waals surface area contributed by atoms with Gasteiger partial charge in [-0.1, -0.05) is 42.5 Å². The fourth-order valence-corrected chi connectivity index (χ4v) is 7.45. The summed E-state index contributed by atoms with van der Waals surface area (Å²) in [4.78, 5) is 14.0. The molecule has 7 rings (SSSR count). The Hall–Kier alpha value is -4.18. The molecule has 1 atom stereocenters. The number of aromatic nitrogens is 4. The molecule has 0 radical (unpaired) electrons. The van der Waals surface area contributed by atoms with Crippen molar-refractivity contribution in [3.63, 3.8) is 0 Å². The highest BCUT2D eigenvalue weighted by molar-refractivity contribution is 7.90. The van der Waals surface area contributed by atoms with Gasteiger partial charge < -0.3 is 5.11 Å². The number of rotatable bonds is 5. The standard InChI is InChI=1S/C30H22N4O3S2/c35-30(14-13-20-8-5-15-31-27(20)30)22-9-4-7-21(17-22)29-33-26(19-38-29)25-18-34(28-24(25)12-6-16-32-28)39(36,37)23-10-2-1-3-11-23/h1-12,15-19,35H,13-14H2. The summed E-state index contributed by atoms with van der Waals surface area (Å²) in [6.07, 6.45) is 6.25. The molecule has 1 unspecified atom stereocenters. The predicted octanol–water partition coefficient (Wildman–Crippen LogP) is 5.64. The molecule has 6 aromatic rings. The first-order valence-corrected chi connectivity index (χ1v) is 14.8. The molecule has 9 heteroatoms. The summed E-state index contributed by atoms with van der Waals surface area (Å²) in [6, 6.07) is 23.7. The van der Waals surface area contributed by atoms with Crippen molar-refractivity contribution < 1.29 is 13.5 Å². The topological polar surface area (TPSA) is 98.0 Å². The molecule has 0 fully saturated rings. The lowest BCUT2D eigenvalue weighted by Gasteiger charge is -2.24. The molecule has 0 spiro atoms. The Morgan fingerprint density at radius 3 is 2.62 bits per heavy atom. The molecule has 39 heavy (non-hydrogen) atoms. The molecule has 4 aromatic heterocycles. The average molecular weight is 551 g/mol. The minimum absolute atomic E-state index is 0.191. The Kier molecular flexibility index (Phi) is 5.48. The van der Waals surface area contributed by atoms with E-state index in [1.54, 1.807) is 55.0 Å². The third kappa shape index (κ3) is 3.81. The molecular weight excluding hydrogens is 528 g/mol. The molecular formula is C30H22N4O3S2. The zero-order chi connectivity index (χ0) is 26.6. The van der Waals surface area contributed by atoms with Gasteiger partial charge >= 0.3 is 0 Å². The second-order valence-electron chi connectivity index (χ2n) is 9.52. The van der Waals surface area contributed by atoms with Crippen molar-refractivity contribution in [2.75, 3.05) is 0 Å². The summed E-state index contributed by atoms with van der Waals surface area (Å²) in [6.45, 7) is 0. The second-order valence-corrected chi connectivity index (χ2v) is 12.2. The molecule has 1 N–H and O–H groups in total. The molecule has 0 amide bonds. The van der Waals surface area contributed by atoms with Crippen LogP contribution in [0.5, 0.6) is 0 Å². The summed E-state index contributed by atoms with van der Waals surface area (Å²) in [5.74, 6) is 0. The first-order valence-electron chi connectivity index (χ1n) is 12.5. The van der Waals surface area contributed by atoms with E-state index < -0.39 is 15.6 Å². The van der Waals surface area contributed by atoms with Crippen LogP contribution in [0.15, 0.2) is 108 Å². The number of fused-ring (bicyclic) bond motifs is 2. The molecule has 0 aliphatic heterocycles. The maximum atomic E-state index is 13.5. The number of hydrogen-bond acceptors (Lipinski definition) is 7. The van der Waals surface area contributed by atoms with Crippen LogP contribution in [0.4, 0.5) is 0 Å². The highest BCUT2D eigenvalue weighted by Crippen LogP contribution is 2.42. The van der Waals surface area contributed by atoms with Crippen LogP contribution in [0, 0.1) is 0 Å². The lowest BCUT2D eigenvalue weighted by Crippen LogP contribution is -2.25. The summed E-state index contributed by atoms with van der Waals surface area (Å²) >= 11 is 1.47. The molecule has 192 valence electrons. The van der Waals surface area contributed by atoms with Crippen LogP contribution in [0.25, 0.3) is 32.9 Å². The Bertz CT molecular complexity index is 1970. The van der Waals surface area contributed by atoms with Crippen molar-refractivity contribution in [2.45, 2.75) is 23.3 Å². The minimum Gasteiger partial charge on any atom is -0.379 e. The van der Waals surface area contributed by atoms with Gasteiger partial charge in [-0.05, 0) is 60.4 Å². The van der Waals surface area contributed by atoms with E-state index in [2.05, 4.69) is 9.97 Å². The maximum absolute atomic E-state index is 13.5. The number of pyridine rings is 2. The van der Waals surface area contributed by atoms with E-state index in [0.717, 1.165) is 28.1 Å². The van der Waals surface area contributed by atoms with Crippen LogP contribution in [-0.4, -0.2) is 32.4 Å². The van der Waals surface area contributed by atoms with E-state index in [9.17, 15) is 13.5 Å². The smallest absolute Gasteiger partial charge is 0.269 e. The van der Waals surface area contributed by atoms with Crippen LogP contribution in [-0.2, 0) is 22.0 Å². The molecule has 0 saturated carbocycles. The monoisotopic (exact) mass is 550 g/mol. The van der Waals surface area contributed by atoms with Gasteiger partial charge in [0.2, 0.25) is 0 Å². The first kappa shape index (κ1) is 23.9. The third-order valence-corrected chi connectivity index (χ3v) is 9.79. The minimum atomic E-state index is -3.85. The summed E-state index contributed by atoms with van der Waals surface area (Å²) in [7, 11) is -3.85. The molecule has 7 nitrogen and oxygen atoms in total. The van der Waals surface area contributed by atoms with Crippen LogP contribution < -0.4 is 0 Å². The van der Waals surface area contributed by atoms with Gasteiger partial charge in [0.05, 0.1) is 16.3 Å². The normalized spacial score (nSPS) is 16.9. The van der Waals surface area contributed by atoms with Crippen LogP contribution >= 0.6 is 11.3 Å². The van der Waals surface area contributed by atoms with Gasteiger partial charge in [0.1, 0.15) is 10.6 Å². The first-order chi connectivity index (χ1) is 18.9. The SMILES string of the molecule is O=S(=O)(c1ccccc1)n1cc(-c2csc(-c3cccc(C4(O)CCc5cccnc54)c3)n2)c2cccnc21. The highest BCUT2D eigenvalue weighted by Gasteiger charge is 2.39. The number of benzene rings is 2. The van der Waals surface area contributed by atoms with Crippen molar-refractivity contribution in [3.05, 3.63) is 120 Å². The van der Waals surface area contributed by atoms with Crippen LogP contribution in [0.1, 0.15) is 23.2 Å². The van der Waals surface area contributed by atoms with E-state index in [0.29, 0.717) is 34.4 Å². The van der Waals surface area contributed by atoms with E-state index >= 15 is 0 Å². The van der Waals surface area contributed by atoms with Gasteiger partial charge in [-0.15, -0.1) is 11.3 Å². The number of hydrogen-bond donors (Lipinski definition) is 1. The number of aliphatic hydroxyl groups is 1. The van der Waals surface area contributed by atoms with Gasteiger partial charge in [0.15, 0.2) is 5.65 Å². The Morgan fingerprint density at radius 2 is 1.74 bits per heavy atom. The van der Waals surface area contributed by atoms with Gasteiger partial charge in [-0.3, -0.25) is 4.98 Å². The van der Waals surface area contributed by atoms with Crippen molar-refractivity contribution >= 4 is 32.4 Å². The maximum Gasteiger partial charge on any atom is 0.269 e. The molecule has 4 heterocycles. The summed E-state index contributed by atoms with van der Waals surface area (Å²) in [5.41, 5.74) is 3.99. The van der Waals surface area contributed by atoms with Crippen molar-refractivity contribution in [3.8, 4) is 21.8 Å². The third-order valence-electron chi connectivity index (χ3n) is 7.24. The second kappa shape index (κ2) is 8.94. The van der Waals surface area contributed by atoms with Gasteiger partial charge in [-0.25, -0.2) is 22.4 Å². The van der Waals surface area contributed by atoms with E-state index in [4.69, 9.17) is 4.98 Å². The lowest BCUT2D eigenvalue weighted by atomic mass is 9.90. The number of nitrogens with zero attached hydrogens (tertiary/aromatic N) is 4. The van der Waals surface area contributed by atoms with Crippen molar-refractivity contribution in [1.29, 1.82) is 0 Å². The van der Waals surface area contributed by atoms with Gasteiger partial charge in [0, 0.05) is 40.5 Å². The quantitative estimate of drug-likeness (QED) is 0.298. The van der Waals surface area contributed by atoms with Crippen molar-refractivity contribution in [1.82, 2.24) is 18.9 Å². The van der Waals surface area contributed by atoms with E-state index in [-0.39, 0.29) is 4.90 Å². The number of thiazole rings is 1. The zero-order valence-electron chi connectivity index (χ0n) is 20.6. The van der Waals surface area contributed by atoms with E-state index in [1.807, 2.05) is 47.8 Å². The Balaban J connectivity index is 1.30. The van der Waals surface area contributed by atoms with Crippen LogP contribution in [0.2, 0.25) is 0 Å². The number of aryl methyl sites for hydroxylation is 1. The molecule has 1 aliphatic rings. The Morgan fingerprint density at radius 1 is 0.923 bits per heavy atom. The molecule has 0 saturated heterocycles. The molecule has 2 aromatic carbocycles.